The molecule has 6 heteroatoms. The molecule has 0 aliphatic rings. The summed E-state index contributed by atoms with van der Waals surface area (Å²) in [5.41, 5.74) is 0.289. The van der Waals surface area contributed by atoms with Crippen LogP contribution in [0.1, 0.15) is 32.1 Å². The standard InChI is InChI=1S/C14H15F2NO2S/c1-8-11(7-17-20(18)14(2,3)4)19-13-10(16)6-5-9(15)12(8)13/h5-7H,1-4H3/b17-7-. The number of halogens is 2. The van der Waals surface area contributed by atoms with Gasteiger partial charge in [0.2, 0.25) is 0 Å². The van der Waals surface area contributed by atoms with Crippen LogP contribution >= 0.6 is 0 Å². The normalized spacial score (nSPS) is 14.3. The fraction of sp³-hybridized carbons (Fsp3) is 0.357. The number of benzene rings is 1. The van der Waals surface area contributed by atoms with E-state index in [1.54, 1.807) is 27.7 Å². The molecular formula is C14H15F2NO2S. The van der Waals surface area contributed by atoms with Gasteiger partial charge in [-0.05, 0) is 39.8 Å². The number of rotatable bonds is 2. The third kappa shape index (κ3) is 2.71. The first-order valence-corrected chi connectivity index (χ1v) is 7.15. The zero-order chi connectivity index (χ0) is 15.1. The van der Waals surface area contributed by atoms with Gasteiger partial charge in [-0.1, -0.05) is 4.40 Å². The number of aryl methyl sites for hydroxylation is 1. The quantitative estimate of drug-likeness (QED) is 0.623. The van der Waals surface area contributed by atoms with Gasteiger partial charge in [-0.15, -0.1) is 0 Å². The molecule has 1 aromatic carbocycles. The summed E-state index contributed by atoms with van der Waals surface area (Å²) in [5.74, 6) is -0.984. The molecule has 0 bridgehead atoms. The van der Waals surface area contributed by atoms with Crippen molar-refractivity contribution in [3.63, 3.8) is 0 Å². The molecule has 2 rings (SSSR count). The average molecular weight is 299 g/mol. The van der Waals surface area contributed by atoms with E-state index in [4.69, 9.17) is 4.42 Å². The van der Waals surface area contributed by atoms with Gasteiger partial charge >= 0.3 is 0 Å². The van der Waals surface area contributed by atoms with Crippen molar-refractivity contribution in [2.24, 2.45) is 4.40 Å². The molecule has 2 aromatic rings. The van der Waals surface area contributed by atoms with Crippen LogP contribution in [0.25, 0.3) is 11.0 Å². The fourth-order valence-corrected chi connectivity index (χ4v) is 2.18. The minimum absolute atomic E-state index is 0.0907. The van der Waals surface area contributed by atoms with E-state index in [2.05, 4.69) is 4.40 Å². The Bertz CT molecular complexity index is 674. The van der Waals surface area contributed by atoms with E-state index in [1.807, 2.05) is 0 Å². The maximum Gasteiger partial charge on any atom is 0.173 e. The van der Waals surface area contributed by atoms with E-state index < -0.39 is 27.7 Å². The SMILES string of the molecule is Cc1c(/C=N\[S+]([O-])C(C)(C)C)oc2c(F)ccc(F)c12. The molecule has 0 N–H and O–H groups in total. The first-order valence-electron chi connectivity index (χ1n) is 6.05. The molecule has 0 fully saturated rings. The van der Waals surface area contributed by atoms with Crippen LogP contribution in [0.4, 0.5) is 8.78 Å². The number of hydrogen-bond acceptors (Lipinski definition) is 3. The van der Waals surface area contributed by atoms with Crippen molar-refractivity contribution in [3.05, 3.63) is 35.1 Å². The van der Waals surface area contributed by atoms with Gasteiger partial charge in [0, 0.05) is 5.56 Å². The lowest BCUT2D eigenvalue weighted by molar-refractivity contribution is 0.549. The summed E-state index contributed by atoms with van der Waals surface area (Å²) in [6, 6.07) is 2.06. The van der Waals surface area contributed by atoms with E-state index in [9.17, 15) is 13.3 Å². The van der Waals surface area contributed by atoms with E-state index in [0.29, 0.717) is 5.56 Å². The summed E-state index contributed by atoms with van der Waals surface area (Å²) in [4.78, 5) is 0. The molecule has 0 spiro atoms. The molecule has 0 radical (unpaired) electrons. The van der Waals surface area contributed by atoms with Crippen molar-refractivity contribution in [1.82, 2.24) is 0 Å². The van der Waals surface area contributed by atoms with Gasteiger partial charge in [0.1, 0.15) is 28.1 Å². The van der Waals surface area contributed by atoms with Gasteiger partial charge < -0.3 is 8.97 Å². The van der Waals surface area contributed by atoms with Gasteiger partial charge in [-0.2, -0.15) is 0 Å². The second kappa shape index (κ2) is 5.18. The summed E-state index contributed by atoms with van der Waals surface area (Å²) in [6.07, 6.45) is 1.26. The monoisotopic (exact) mass is 299 g/mol. The Hall–Kier alpha value is -1.40. The summed E-state index contributed by atoms with van der Waals surface area (Å²) in [6.45, 7) is 6.96. The van der Waals surface area contributed by atoms with Crippen LogP contribution in [0.3, 0.4) is 0 Å². The lowest BCUT2D eigenvalue weighted by Gasteiger charge is -2.17. The molecule has 1 aromatic heterocycles. The first kappa shape index (κ1) is 15.0. The predicted molar refractivity (Wildman–Crippen MR) is 76.4 cm³/mol. The maximum absolute atomic E-state index is 13.7. The van der Waals surface area contributed by atoms with Crippen molar-refractivity contribution >= 4 is 28.5 Å². The molecule has 3 nitrogen and oxygen atoms in total. The highest BCUT2D eigenvalue weighted by atomic mass is 32.2. The third-order valence-corrected chi connectivity index (χ3v) is 4.15. The Morgan fingerprint density at radius 3 is 2.40 bits per heavy atom. The summed E-state index contributed by atoms with van der Waals surface area (Å²) in [5, 5.41) is 0.0907. The molecule has 0 aliphatic carbocycles. The van der Waals surface area contributed by atoms with Crippen LogP contribution in [0.15, 0.2) is 20.9 Å². The molecule has 20 heavy (non-hydrogen) atoms. The van der Waals surface area contributed by atoms with Crippen molar-refractivity contribution in [1.29, 1.82) is 0 Å². The van der Waals surface area contributed by atoms with E-state index in [-0.39, 0.29) is 16.7 Å². The zero-order valence-electron chi connectivity index (χ0n) is 11.7. The second-order valence-corrected chi connectivity index (χ2v) is 7.35. The van der Waals surface area contributed by atoms with Gasteiger partial charge in [-0.25, -0.2) is 8.78 Å². The molecule has 0 saturated heterocycles. The number of furan rings is 1. The van der Waals surface area contributed by atoms with Crippen molar-refractivity contribution in [2.75, 3.05) is 0 Å². The fourth-order valence-electron chi connectivity index (χ4n) is 1.67. The molecule has 1 unspecified atom stereocenters. The van der Waals surface area contributed by atoms with Crippen LogP contribution in [0, 0.1) is 18.6 Å². The minimum Gasteiger partial charge on any atom is -0.591 e. The molecular weight excluding hydrogens is 284 g/mol. The second-order valence-electron chi connectivity index (χ2n) is 5.42. The Balaban J connectivity index is 2.47. The topological polar surface area (TPSA) is 48.6 Å². The van der Waals surface area contributed by atoms with E-state index >= 15 is 0 Å². The van der Waals surface area contributed by atoms with Gasteiger partial charge in [0.15, 0.2) is 17.2 Å². The molecule has 0 saturated carbocycles. The van der Waals surface area contributed by atoms with Crippen LogP contribution in [0.5, 0.6) is 0 Å². The Morgan fingerprint density at radius 2 is 1.85 bits per heavy atom. The molecule has 0 amide bonds. The third-order valence-electron chi connectivity index (χ3n) is 2.80. The smallest absolute Gasteiger partial charge is 0.173 e. The van der Waals surface area contributed by atoms with Crippen molar-refractivity contribution in [3.8, 4) is 0 Å². The average Bonchev–Trinajstić information content (AvgIpc) is 2.68. The van der Waals surface area contributed by atoms with Crippen LogP contribution in [0.2, 0.25) is 0 Å². The molecule has 1 heterocycles. The van der Waals surface area contributed by atoms with Gasteiger partial charge in [0.25, 0.3) is 0 Å². The Morgan fingerprint density at radius 1 is 1.25 bits per heavy atom. The van der Waals surface area contributed by atoms with E-state index in [0.717, 1.165) is 12.1 Å². The van der Waals surface area contributed by atoms with Crippen LogP contribution in [-0.4, -0.2) is 15.5 Å². The van der Waals surface area contributed by atoms with Crippen LogP contribution < -0.4 is 0 Å². The highest BCUT2D eigenvalue weighted by molar-refractivity contribution is 7.91. The largest absolute Gasteiger partial charge is 0.591 e. The Labute approximate surface area is 119 Å². The molecule has 108 valence electrons. The maximum atomic E-state index is 13.7. The highest BCUT2D eigenvalue weighted by Gasteiger charge is 2.26. The highest BCUT2D eigenvalue weighted by Crippen LogP contribution is 2.29. The number of hydrogen-bond donors (Lipinski definition) is 0. The number of fused-ring (bicyclic) bond motifs is 1. The molecule has 1 atom stereocenters. The van der Waals surface area contributed by atoms with Crippen LogP contribution in [-0.2, 0) is 11.4 Å². The summed E-state index contributed by atoms with van der Waals surface area (Å²) in [7, 11) is 0. The van der Waals surface area contributed by atoms with E-state index in [1.165, 1.54) is 6.21 Å². The lowest BCUT2D eigenvalue weighted by atomic mass is 10.1. The zero-order valence-corrected chi connectivity index (χ0v) is 12.5. The van der Waals surface area contributed by atoms with Crippen molar-refractivity contribution in [2.45, 2.75) is 32.4 Å². The van der Waals surface area contributed by atoms with Crippen molar-refractivity contribution < 1.29 is 17.8 Å². The van der Waals surface area contributed by atoms with Gasteiger partial charge in [0.05, 0.1) is 5.39 Å². The first-order chi connectivity index (χ1) is 9.21. The Kier molecular flexibility index (Phi) is 3.88. The lowest BCUT2D eigenvalue weighted by Crippen LogP contribution is -2.25. The minimum atomic E-state index is -1.46. The summed E-state index contributed by atoms with van der Waals surface area (Å²) >= 11 is -1.46. The predicted octanol–water partition coefficient (Wildman–Crippen LogP) is 3.90. The summed E-state index contributed by atoms with van der Waals surface area (Å²) < 4.78 is 47.8. The molecule has 0 aliphatic heterocycles. The van der Waals surface area contributed by atoms with Gasteiger partial charge in [-0.3, -0.25) is 0 Å². The number of nitrogens with zero attached hydrogens (tertiary/aromatic N) is 1.